The Kier molecular flexibility index (Phi) is 6.96. The Morgan fingerprint density at radius 1 is 1.30 bits per heavy atom. The van der Waals surface area contributed by atoms with E-state index >= 15 is 0 Å². The van der Waals surface area contributed by atoms with Crippen LogP contribution >= 0.6 is 11.6 Å². The minimum absolute atomic E-state index is 0.0568. The van der Waals surface area contributed by atoms with Crippen molar-refractivity contribution in [2.75, 3.05) is 12.4 Å². The summed E-state index contributed by atoms with van der Waals surface area (Å²) in [5.74, 6) is -0.0568. The van der Waals surface area contributed by atoms with Gasteiger partial charge in [0, 0.05) is 11.4 Å². The number of nitrogens with one attached hydrogen (secondary N) is 1. The van der Waals surface area contributed by atoms with Gasteiger partial charge in [0.2, 0.25) is 10.0 Å². The molecule has 0 bridgehead atoms. The van der Waals surface area contributed by atoms with E-state index in [1.165, 1.54) is 0 Å². The number of rotatable bonds is 8. The van der Waals surface area contributed by atoms with Gasteiger partial charge >= 0.3 is 0 Å². The van der Waals surface area contributed by atoms with E-state index in [1.807, 2.05) is 6.07 Å². The van der Waals surface area contributed by atoms with Gasteiger partial charge in [-0.1, -0.05) is 23.7 Å². The van der Waals surface area contributed by atoms with Crippen LogP contribution < -0.4 is 4.72 Å². The monoisotopic (exact) mass is 316 g/mol. The minimum atomic E-state index is -3.48. The fourth-order valence-corrected chi connectivity index (χ4v) is 3.15. The molecule has 0 aliphatic rings. The first-order valence-corrected chi connectivity index (χ1v) is 8.25. The van der Waals surface area contributed by atoms with Crippen LogP contribution in [0.4, 0.5) is 0 Å². The van der Waals surface area contributed by atoms with Crippen molar-refractivity contribution in [1.82, 2.24) is 4.72 Å². The molecule has 110 valence electrons. The van der Waals surface area contributed by atoms with Gasteiger partial charge in [-0.15, -0.1) is 0 Å². The Morgan fingerprint density at radius 3 is 2.50 bits per heavy atom. The van der Waals surface area contributed by atoms with Crippen molar-refractivity contribution in [2.45, 2.75) is 25.3 Å². The number of unbranched alkanes of at least 4 members (excludes halogenated alkanes) is 2. The molecule has 0 radical (unpaired) electrons. The highest BCUT2D eigenvalue weighted by atomic mass is 35.5. The molecule has 0 aromatic heterocycles. The Labute approximate surface area is 124 Å². The summed E-state index contributed by atoms with van der Waals surface area (Å²) in [5.41, 5.74) is 0.650. The van der Waals surface area contributed by atoms with Gasteiger partial charge in [-0.3, -0.25) is 0 Å². The highest BCUT2D eigenvalue weighted by molar-refractivity contribution is 7.89. The Balaban J connectivity index is 2.63. The van der Waals surface area contributed by atoms with E-state index in [4.69, 9.17) is 16.9 Å². The number of nitriles is 1. The molecule has 0 fully saturated rings. The van der Waals surface area contributed by atoms with Crippen molar-refractivity contribution >= 4 is 21.6 Å². The molecular formula is C13H17ClN2O3S. The molecule has 1 unspecified atom stereocenters. The topological polar surface area (TPSA) is 90.2 Å². The van der Waals surface area contributed by atoms with Crippen LogP contribution in [-0.2, 0) is 10.0 Å². The van der Waals surface area contributed by atoms with Gasteiger partial charge in [0.1, 0.15) is 0 Å². The van der Waals surface area contributed by atoms with Crippen molar-refractivity contribution < 1.29 is 13.5 Å². The number of hydrogen-bond donors (Lipinski definition) is 2. The molecule has 7 heteroatoms. The lowest BCUT2D eigenvalue weighted by atomic mass is 10.1. The molecule has 0 saturated carbocycles. The number of aliphatic hydroxyl groups is 1. The quantitative estimate of drug-likeness (QED) is 0.718. The van der Waals surface area contributed by atoms with Crippen LogP contribution in [0.3, 0.4) is 0 Å². The van der Waals surface area contributed by atoms with Crippen molar-refractivity contribution in [2.24, 2.45) is 0 Å². The van der Waals surface area contributed by atoms with Crippen LogP contribution in [0.1, 0.15) is 30.9 Å². The van der Waals surface area contributed by atoms with Crippen LogP contribution in [0.15, 0.2) is 24.3 Å². The standard InChI is InChI=1S/C13H17ClN2O3S/c14-12-6-4-11(5-7-12)13(10-17)16-20(18,19)9-3-1-2-8-15/h4-7,13,16-17H,1-3,9-10H2. The third-order valence-corrected chi connectivity index (χ3v) is 4.45. The average Bonchev–Trinajstić information content (AvgIpc) is 2.42. The summed E-state index contributed by atoms with van der Waals surface area (Å²) < 4.78 is 26.2. The highest BCUT2D eigenvalue weighted by Crippen LogP contribution is 2.17. The number of nitrogens with zero attached hydrogens (tertiary/aromatic N) is 1. The summed E-state index contributed by atoms with van der Waals surface area (Å²) in [5, 5.41) is 18.3. The second kappa shape index (κ2) is 8.22. The third-order valence-electron chi connectivity index (χ3n) is 2.73. The molecule has 1 aromatic rings. The zero-order valence-corrected chi connectivity index (χ0v) is 12.5. The number of halogens is 1. The van der Waals surface area contributed by atoms with Crippen LogP contribution in [0.5, 0.6) is 0 Å². The maximum atomic E-state index is 11.9. The average molecular weight is 317 g/mol. The fraction of sp³-hybridized carbons (Fsp3) is 0.462. The van der Waals surface area contributed by atoms with E-state index < -0.39 is 16.1 Å². The molecule has 1 aromatic carbocycles. The largest absolute Gasteiger partial charge is 0.394 e. The van der Waals surface area contributed by atoms with Crippen LogP contribution in [0.2, 0.25) is 5.02 Å². The number of sulfonamides is 1. The van der Waals surface area contributed by atoms with Gasteiger partial charge in [-0.25, -0.2) is 13.1 Å². The molecule has 0 aliphatic carbocycles. The van der Waals surface area contributed by atoms with E-state index in [0.717, 1.165) is 0 Å². The van der Waals surface area contributed by atoms with Crippen molar-refractivity contribution in [3.05, 3.63) is 34.9 Å². The van der Waals surface area contributed by atoms with Gasteiger partial charge in [-0.05, 0) is 30.5 Å². The van der Waals surface area contributed by atoms with Gasteiger partial charge in [0.15, 0.2) is 0 Å². The molecule has 0 aliphatic heterocycles. The maximum Gasteiger partial charge on any atom is 0.212 e. The number of benzene rings is 1. The Morgan fingerprint density at radius 2 is 1.95 bits per heavy atom. The summed E-state index contributed by atoms with van der Waals surface area (Å²) >= 11 is 5.76. The number of aliphatic hydroxyl groups excluding tert-OH is 1. The van der Waals surface area contributed by atoms with E-state index in [0.29, 0.717) is 29.8 Å². The normalized spacial score (nSPS) is 12.8. The fourth-order valence-electron chi connectivity index (χ4n) is 1.68. The van der Waals surface area contributed by atoms with Gasteiger partial charge < -0.3 is 5.11 Å². The third kappa shape index (κ3) is 5.88. The summed E-state index contributed by atoms with van der Waals surface area (Å²) in [4.78, 5) is 0. The molecule has 1 rings (SSSR count). The molecule has 20 heavy (non-hydrogen) atoms. The first-order chi connectivity index (χ1) is 9.48. The SMILES string of the molecule is N#CCCCCS(=O)(=O)NC(CO)c1ccc(Cl)cc1. The minimum Gasteiger partial charge on any atom is -0.394 e. The summed E-state index contributed by atoms with van der Waals surface area (Å²) in [6, 6.07) is 7.90. The Bertz CT molecular complexity index is 552. The zero-order valence-electron chi connectivity index (χ0n) is 10.9. The molecule has 0 saturated heterocycles. The van der Waals surface area contributed by atoms with Crippen LogP contribution in [0.25, 0.3) is 0 Å². The molecule has 0 heterocycles. The summed E-state index contributed by atoms with van der Waals surface area (Å²) in [6.45, 7) is -0.334. The van der Waals surface area contributed by atoms with Crippen molar-refractivity contribution in [3.8, 4) is 6.07 Å². The lowest BCUT2D eigenvalue weighted by Crippen LogP contribution is -2.32. The molecular weight excluding hydrogens is 300 g/mol. The lowest BCUT2D eigenvalue weighted by Gasteiger charge is -2.16. The summed E-state index contributed by atoms with van der Waals surface area (Å²) in [7, 11) is -3.48. The van der Waals surface area contributed by atoms with Crippen LogP contribution in [-0.4, -0.2) is 25.9 Å². The first kappa shape index (κ1) is 16.9. The first-order valence-electron chi connectivity index (χ1n) is 6.22. The van der Waals surface area contributed by atoms with Crippen molar-refractivity contribution in [3.63, 3.8) is 0 Å². The molecule has 2 N–H and O–H groups in total. The molecule has 0 spiro atoms. The van der Waals surface area contributed by atoms with E-state index in [-0.39, 0.29) is 12.4 Å². The molecule has 0 amide bonds. The molecule has 5 nitrogen and oxygen atoms in total. The summed E-state index contributed by atoms with van der Waals surface area (Å²) in [6.07, 6.45) is 1.31. The van der Waals surface area contributed by atoms with E-state index in [9.17, 15) is 13.5 Å². The van der Waals surface area contributed by atoms with Gasteiger partial charge in [0.25, 0.3) is 0 Å². The second-order valence-electron chi connectivity index (χ2n) is 4.34. The zero-order chi connectivity index (χ0) is 15.0. The van der Waals surface area contributed by atoms with E-state index in [1.54, 1.807) is 24.3 Å². The molecule has 1 atom stereocenters. The highest BCUT2D eigenvalue weighted by Gasteiger charge is 2.18. The van der Waals surface area contributed by atoms with Gasteiger partial charge in [-0.2, -0.15) is 5.26 Å². The van der Waals surface area contributed by atoms with Crippen molar-refractivity contribution in [1.29, 1.82) is 5.26 Å². The number of hydrogen-bond acceptors (Lipinski definition) is 4. The van der Waals surface area contributed by atoms with Crippen LogP contribution in [0, 0.1) is 11.3 Å². The van der Waals surface area contributed by atoms with Gasteiger partial charge in [0.05, 0.1) is 24.5 Å². The predicted octanol–water partition coefficient (Wildman–Crippen LogP) is 1.99. The Hall–Kier alpha value is -1.13. The lowest BCUT2D eigenvalue weighted by molar-refractivity contribution is 0.259. The van der Waals surface area contributed by atoms with E-state index in [2.05, 4.69) is 4.72 Å². The predicted molar refractivity (Wildman–Crippen MR) is 77.7 cm³/mol. The smallest absolute Gasteiger partial charge is 0.212 e. The maximum absolute atomic E-state index is 11.9. The second-order valence-corrected chi connectivity index (χ2v) is 6.65.